The summed E-state index contributed by atoms with van der Waals surface area (Å²) in [5, 5.41) is 2.90. The topological polar surface area (TPSA) is 33.5 Å². The lowest BCUT2D eigenvalue weighted by molar-refractivity contribution is -0.907. The number of carbonyl (C=O) groups is 1. The van der Waals surface area contributed by atoms with E-state index in [-0.39, 0.29) is 17.8 Å². The van der Waals surface area contributed by atoms with Crippen LogP contribution in [0.3, 0.4) is 0 Å². The lowest BCUT2D eigenvalue weighted by Crippen LogP contribution is -3.12. The predicted molar refractivity (Wildman–Crippen MR) is 81.5 cm³/mol. The zero-order chi connectivity index (χ0) is 15.2. The van der Waals surface area contributed by atoms with E-state index in [9.17, 15) is 9.18 Å². The van der Waals surface area contributed by atoms with Crippen LogP contribution in [-0.4, -0.2) is 19.0 Å². The lowest BCUT2D eigenvalue weighted by Gasteiger charge is -2.21. The summed E-state index contributed by atoms with van der Waals surface area (Å²) >= 11 is 0. The molecule has 2 N–H and O–H groups in total. The van der Waals surface area contributed by atoms with E-state index < -0.39 is 0 Å². The number of amides is 1. The number of likely N-dealkylation sites (N-methyl/N-ethyl adjacent to an activating group) is 1. The lowest BCUT2D eigenvalue weighted by atomic mass is 10.2. The third-order valence-electron chi connectivity index (χ3n) is 3.57. The van der Waals surface area contributed by atoms with E-state index in [2.05, 4.69) is 5.32 Å². The van der Waals surface area contributed by atoms with Crippen molar-refractivity contribution < 1.29 is 14.1 Å². The molecule has 0 aliphatic rings. The summed E-state index contributed by atoms with van der Waals surface area (Å²) in [5.74, 6) is -0.271. The first kappa shape index (κ1) is 15.2. The van der Waals surface area contributed by atoms with E-state index in [0.717, 1.165) is 16.2 Å². The number of anilines is 1. The summed E-state index contributed by atoms with van der Waals surface area (Å²) in [4.78, 5) is 13.3. The summed E-state index contributed by atoms with van der Waals surface area (Å²) in [6.45, 7) is 2.56. The van der Waals surface area contributed by atoms with Crippen molar-refractivity contribution in [2.24, 2.45) is 0 Å². The van der Waals surface area contributed by atoms with Gasteiger partial charge in [0.25, 0.3) is 5.91 Å². The van der Waals surface area contributed by atoms with Gasteiger partial charge in [0.1, 0.15) is 12.4 Å². The molecule has 1 unspecified atom stereocenters. The van der Waals surface area contributed by atoms with Crippen LogP contribution in [0.5, 0.6) is 0 Å². The molecule has 0 heterocycles. The Balaban J connectivity index is 1.93. The third kappa shape index (κ3) is 4.39. The van der Waals surface area contributed by atoms with Crippen LogP contribution in [-0.2, 0) is 11.3 Å². The number of rotatable bonds is 5. The number of hydrogen-bond acceptors (Lipinski definition) is 1. The van der Waals surface area contributed by atoms with E-state index >= 15 is 0 Å². The predicted octanol–water partition coefficient (Wildman–Crippen LogP) is 1.87. The monoisotopic (exact) mass is 287 g/mol. The Morgan fingerprint density at radius 1 is 1.14 bits per heavy atom. The maximum Gasteiger partial charge on any atom is 0.282 e. The van der Waals surface area contributed by atoms with Crippen molar-refractivity contribution in [1.82, 2.24) is 0 Å². The fraction of sp³-hybridized carbons (Fsp3) is 0.235. The minimum atomic E-state index is -0.244. The van der Waals surface area contributed by atoms with Gasteiger partial charge in [-0.05, 0) is 31.2 Å². The molecule has 2 aromatic carbocycles. The molecule has 0 spiro atoms. The van der Waals surface area contributed by atoms with Crippen molar-refractivity contribution in [1.29, 1.82) is 0 Å². The summed E-state index contributed by atoms with van der Waals surface area (Å²) in [7, 11) is 1.96. The van der Waals surface area contributed by atoms with Gasteiger partial charge in [0.05, 0.1) is 7.05 Å². The number of carbonyl (C=O) groups excluding carboxylic acids is 1. The number of hydrogen-bond donors (Lipinski definition) is 2. The van der Waals surface area contributed by atoms with E-state index in [0.29, 0.717) is 6.54 Å². The van der Waals surface area contributed by atoms with Crippen LogP contribution in [0, 0.1) is 5.82 Å². The number of para-hydroxylation sites is 1. The molecule has 0 aliphatic carbocycles. The number of halogens is 1. The summed E-state index contributed by atoms with van der Waals surface area (Å²) < 4.78 is 12.9. The standard InChI is InChI=1S/C17H19FN2O/c1-13(17(21)19-16-6-4-3-5-7-16)20(2)12-14-8-10-15(18)11-9-14/h3-11,13H,12H2,1-2H3,(H,19,21)/p+1/t13-/m0/s1. The average Bonchev–Trinajstić information content (AvgIpc) is 2.49. The fourth-order valence-electron chi connectivity index (χ4n) is 2.07. The zero-order valence-corrected chi connectivity index (χ0v) is 12.3. The second kappa shape index (κ2) is 6.99. The highest BCUT2D eigenvalue weighted by Crippen LogP contribution is 2.05. The fourth-order valence-corrected chi connectivity index (χ4v) is 2.07. The highest BCUT2D eigenvalue weighted by molar-refractivity contribution is 5.93. The molecule has 2 aromatic rings. The summed E-state index contributed by atoms with van der Waals surface area (Å²) in [6.07, 6.45) is 0. The molecule has 0 aliphatic heterocycles. The average molecular weight is 287 g/mol. The number of benzene rings is 2. The molecule has 110 valence electrons. The van der Waals surface area contributed by atoms with E-state index in [1.165, 1.54) is 12.1 Å². The number of quaternary nitrogens is 1. The second-order valence-corrected chi connectivity index (χ2v) is 5.23. The molecule has 3 nitrogen and oxygen atoms in total. The van der Waals surface area contributed by atoms with Gasteiger partial charge in [-0.15, -0.1) is 0 Å². The van der Waals surface area contributed by atoms with Crippen LogP contribution in [0.25, 0.3) is 0 Å². The Morgan fingerprint density at radius 3 is 2.38 bits per heavy atom. The minimum absolute atomic E-state index is 0.0270. The first-order valence-electron chi connectivity index (χ1n) is 6.99. The van der Waals surface area contributed by atoms with Crippen LogP contribution in [0.4, 0.5) is 10.1 Å². The van der Waals surface area contributed by atoms with Crippen LogP contribution >= 0.6 is 0 Å². The van der Waals surface area contributed by atoms with E-state index in [1.807, 2.05) is 44.3 Å². The van der Waals surface area contributed by atoms with Gasteiger partial charge < -0.3 is 10.2 Å². The molecule has 4 heteroatoms. The van der Waals surface area contributed by atoms with Crippen LogP contribution in [0.1, 0.15) is 12.5 Å². The van der Waals surface area contributed by atoms with Gasteiger partial charge in [-0.1, -0.05) is 30.3 Å². The Kier molecular flexibility index (Phi) is 5.06. The Labute approximate surface area is 124 Å². The van der Waals surface area contributed by atoms with Crippen LogP contribution in [0.15, 0.2) is 54.6 Å². The highest BCUT2D eigenvalue weighted by atomic mass is 19.1. The van der Waals surface area contributed by atoms with Gasteiger partial charge in [-0.3, -0.25) is 4.79 Å². The van der Waals surface area contributed by atoms with Gasteiger partial charge >= 0.3 is 0 Å². The molecule has 2 rings (SSSR count). The quantitative estimate of drug-likeness (QED) is 0.865. The Hall–Kier alpha value is -2.20. The molecule has 0 radical (unpaired) electrons. The molecule has 21 heavy (non-hydrogen) atoms. The first-order valence-corrected chi connectivity index (χ1v) is 6.99. The van der Waals surface area contributed by atoms with Gasteiger partial charge in [0, 0.05) is 11.3 Å². The molecule has 1 amide bonds. The van der Waals surface area contributed by atoms with Gasteiger partial charge in [-0.25, -0.2) is 4.39 Å². The van der Waals surface area contributed by atoms with Crippen molar-refractivity contribution >= 4 is 11.6 Å². The molecule has 0 aromatic heterocycles. The summed E-state index contributed by atoms with van der Waals surface area (Å²) in [6, 6.07) is 15.6. The maximum absolute atomic E-state index is 12.9. The molecular formula is C17H20FN2O+. The Bertz CT molecular complexity index is 583. The molecule has 0 saturated carbocycles. The minimum Gasteiger partial charge on any atom is -0.324 e. The molecule has 0 saturated heterocycles. The maximum atomic E-state index is 12.9. The Morgan fingerprint density at radius 2 is 1.76 bits per heavy atom. The third-order valence-corrected chi connectivity index (χ3v) is 3.57. The van der Waals surface area contributed by atoms with Gasteiger partial charge in [-0.2, -0.15) is 0 Å². The van der Waals surface area contributed by atoms with E-state index in [1.54, 1.807) is 12.1 Å². The van der Waals surface area contributed by atoms with Gasteiger partial charge in [0.15, 0.2) is 6.04 Å². The molecular weight excluding hydrogens is 267 g/mol. The smallest absolute Gasteiger partial charge is 0.282 e. The zero-order valence-electron chi connectivity index (χ0n) is 12.3. The van der Waals surface area contributed by atoms with Gasteiger partial charge in [0.2, 0.25) is 0 Å². The molecule has 2 atom stereocenters. The van der Waals surface area contributed by atoms with Crippen LogP contribution < -0.4 is 10.2 Å². The number of nitrogens with one attached hydrogen (secondary N) is 2. The largest absolute Gasteiger partial charge is 0.324 e. The van der Waals surface area contributed by atoms with Crippen molar-refractivity contribution in [2.75, 3.05) is 12.4 Å². The van der Waals surface area contributed by atoms with E-state index in [4.69, 9.17) is 0 Å². The van der Waals surface area contributed by atoms with Crippen LogP contribution in [0.2, 0.25) is 0 Å². The van der Waals surface area contributed by atoms with Crippen molar-refractivity contribution in [3.05, 3.63) is 66.0 Å². The van der Waals surface area contributed by atoms with Crippen molar-refractivity contribution in [3.8, 4) is 0 Å². The molecule has 0 bridgehead atoms. The summed E-state index contributed by atoms with van der Waals surface area (Å²) in [5.41, 5.74) is 1.80. The van der Waals surface area contributed by atoms with Crippen molar-refractivity contribution in [3.63, 3.8) is 0 Å². The van der Waals surface area contributed by atoms with Crippen molar-refractivity contribution in [2.45, 2.75) is 19.5 Å². The molecule has 0 fully saturated rings. The highest BCUT2D eigenvalue weighted by Gasteiger charge is 2.21. The normalized spacial score (nSPS) is 13.5. The second-order valence-electron chi connectivity index (χ2n) is 5.23. The SMILES string of the molecule is C[C@@H](C(=O)Nc1ccccc1)[NH+](C)Cc1ccc(F)cc1. The first-order chi connectivity index (χ1) is 10.1.